The van der Waals surface area contributed by atoms with E-state index >= 15 is 0 Å². The fourth-order valence-electron chi connectivity index (χ4n) is 4.34. The van der Waals surface area contributed by atoms with E-state index in [2.05, 4.69) is 33.9 Å². The van der Waals surface area contributed by atoms with Crippen molar-refractivity contribution in [1.82, 2.24) is 25.0 Å². The number of aliphatic imine (C=N–C) groups is 1. The third-order valence-electron chi connectivity index (χ3n) is 6.19. The molecule has 1 fully saturated rings. The minimum absolute atomic E-state index is 0.0982. The number of fused-ring (bicyclic) bond motifs is 3. The zero-order valence-electron chi connectivity index (χ0n) is 18.4. The third-order valence-corrected chi connectivity index (χ3v) is 7.64. The molecule has 1 atom stereocenters. The first-order valence-corrected chi connectivity index (χ1v) is 12.0. The molecule has 32 heavy (non-hydrogen) atoms. The summed E-state index contributed by atoms with van der Waals surface area (Å²) >= 11 is 7.88. The van der Waals surface area contributed by atoms with Gasteiger partial charge in [0.2, 0.25) is 5.91 Å². The van der Waals surface area contributed by atoms with E-state index in [0.29, 0.717) is 5.02 Å². The Hall–Kier alpha value is -2.55. The maximum absolute atomic E-state index is 13.2. The molecule has 2 aliphatic heterocycles. The number of carbonyl (C=O) groups excluding carboxylic acids is 1. The molecule has 0 unspecified atom stereocenters. The summed E-state index contributed by atoms with van der Waals surface area (Å²) in [5.74, 6) is 1.62. The highest BCUT2D eigenvalue weighted by atomic mass is 35.5. The molecule has 1 saturated heterocycles. The summed E-state index contributed by atoms with van der Waals surface area (Å²) < 4.78 is 2.09. The summed E-state index contributed by atoms with van der Waals surface area (Å²) in [5.41, 5.74) is 4.12. The number of piperazine rings is 1. The van der Waals surface area contributed by atoms with Crippen LogP contribution in [0, 0.1) is 20.8 Å². The number of aromatic nitrogens is 3. The van der Waals surface area contributed by atoms with Crippen LogP contribution < -0.4 is 5.32 Å². The van der Waals surface area contributed by atoms with Crippen LogP contribution in [-0.2, 0) is 4.79 Å². The van der Waals surface area contributed by atoms with Crippen LogP contribution in [0.15, 0.2) is 29.3 Å². The lowest BCUT2D eigenvalue weighted by atomic mass is 9.99. The van der Waals surface area contributed by atoms with Crippen LogP contribution >= 0.6 is 22.9 Å². The normalized spacial score (nSPS) is 18.1. The van der Waals surface area contributed by atoms with Crippen LogP contribution in [0.1, 0.15) is 45.7 Å². The van der Waals surface area contributed by atoms with E-state index < -0.39 is 6.04 Å². The zero-order valence-corrected chi connectivity index (χ0v) is 19.9. The van der Waals surface area contributed by atoms with E-state index in [0.717, 1.165) is 59.7 Å². The van der Waals surface area contributed by atoms with Gasteiger partial charge in [-0.15, -0.1) is 21.5 Å². The topological polar surface area (TPSA) is 75.4 Å². The van der Waals surface area contributed by atoms with Gasteiger partial charge in [-0.2, -0.15) is 0 Å². The SMILES string of the molecule is Cc1sc2c(c1C)C(c1ccc(Cl)cc1)=N[C@@H](CC(=O)N1CCNCC1)c1nnc(C)n1-2. The van der Waals surface area contributed by atoms with Crippen molar-refractivity contribution in [2.75, 3.05) is 26.2 Å². The number of carbonyl (C=O) groups is 1. The Morgan fingerprint density at radius 1 is 1.16 bits per heavy atom. The van der Waals surface area contributed by atoms with Gasteiger partial charge >= 0.3 is 0 Å². The second-order valence-electron chi connectivity index (χ2n) is 8.24. The predicted molar refractivity (Wildman–Crippen MR) is 127 cm³/mol. The molecule has 166 valence electrons. The van der Waals surface area contributed by atoms with Gasteiger partial charge < -0.3 is 10.2 Å². The van der Waals surface area contributed by atoms with Crippen molar-refractivity contribution >= 4 is 34.6 Å². The molecule has 7 nitrogen and oxygen atoms in total. The van der Waals surface area contributed by atoms with Crippen molar-refractivity contribution in [1.29, 1.82) is 0 Å². The Labute approximate surface area is 196 Å². The summed E-state index contributed by atoms with van der Waals surface area (Å²) in [6.07, 6.45) is 0.266. The molecular formula is C23H25ClN6OS. The van der Waals surface area contributed by atoms with Crippen LogP contribution in [0.5, 0.6) is 0 Å². The molecule has 1 N–H and O–H groups in total. The average molecular weight is 469 g/mol. The van der Waals surface area contributed by atoms with Crippen molar-refractivity contribution in [3.8, 4) is 5.00 Å². The number of aryl methyl sites for hydroxylation is 2. The van der Waals surface area contributed by atoms with Crippen LogP contribution in [0.3, 0.4) is 0 Å². The molecule has 3 aromatic rings. The van der Waals surface area contributed by atoms with Crippen molar-refractivity contribution in [2.24, 2.45) is 4.99 Å². The van der Waals surface area contributed by atoms with Gasteiger partial charge in [-0.1, -0.05) is 23.7 Å². The minimum atomic E-state index is -0.413. The number of thiophene rings is 1. The van der Waals surface area contributed by atoms with Crippen molar-refractivity contribution in [2.45, 2.75) is 33.2 Å². The van der Waals surface area contributed by atoms with Gasteiger partial charge in [0.1, 0.15) is 16.9 Å². The summed E-state index contributed by atoms with van der Waals surface area (Å²) in [6.45, 7) is 9.28. The number of nitrogens with zero attached hydrogens (tertiary/aromatic N) is 5. The van der Waals surface area contributed by atoms with Crippen LogP contribution in [0.4, 0.5) is 0 Å². The molecule has 0 radical (unpaired) electrons. The van der Waals surface area contributed by atoms with Crippen molar-refractivity contribution in [3.05, 3.63) is 62.5 Å². The highest BCUT2D eigenvalue weighted by Gasteiger charge is 2.33. The van der Waals surface area contributed by atoms with Crippen LogP contribution in [0.2, 0.25) is 5.02 Å². The predicted octanol–water partition coefficient (Wildman–Crippen LogP) is 3.62. The summed E-state index contributed by atoms with van der Waals surface area (Å²) in [6, 6.07) is 7.33. The molecule has 0 saturated carbocycles. The Bertz CT molecular complexity index is 1210. The first kappa shape index (κ1) is 21.3. The maximum Gasteiger partial charge on any atom is 0.225 e. The lowest BCUT2D eigenvalue weighted by Crippen LogP contribution is -2.46. The van der Waals surface area contributed by atoms with Crippen LogP contribution in [-0.4, -0.2) is 57.5 Å². The van der Waals surface area contributed by atoms with Gasteiger partial charge in [0.15, 0.2) is 5.82 Å². The lowest BCUT2D eigenvalue weighted by molar-refractivity contribution is -0.132. The quantitative estimate of drug-likeness (QED) is 0.637. The number of benzene rings is 1. The Morgan fingerprint density at radius 3 is 2.59 bits per heavy atom. The fraction of sp³-hybridized carbons (Fsp3) is 0.391. The molecule has 9 heteroatoms. The van der Waals surface area contributed by atoms with Gasteiger partial charge in [0.25, 0.3) is 0 Å². The molecule has 0 bridgehead atoms. The van der Waals surface area contributed by atoms with Crippen LogP contribution in [0.25, 0.3) is 5.00 Å². The Balaban J connectivity index is 1.66. The number of hydrogen-bond donors (Lipinski definition) is 1. The first-order chi connectivity index (χ1) is 15.4. The molecule has 2 aliphatic rings. The molecule has 5 rings (SSSR count). The van der Waals surface area contributed by atoms with Gasteiger partial charge in [-0.25, -0.2) is 0 Å². The van der Waals surface area contributed by atoms with Gasteiger partial charge in [-0.3, -0.25) is 14.4 Å². The Kier molecular flexibility index (Phi) is 5.61. The summed E-state index contributed by atoms with van der Waals surface area (Å²) in [5, 5.41) is 13.9. The van der Waals surface area contributed by atoms with E-state index in [9.17, 15) is 4.79 Å². The van der Waals surface area contributed by atoms with Crippen molar-refractivity contribution in [3.63, 3.8) is 0 Å². The van der Waals surface area contributed by atoms with Gasteiger partial charge in [0.05, 0.1) is 12.1 Å². The number of halogens is 1. The van der Waals surface area contributed by atoms with E-state index in [4.69, 9.17) is 16.6 Å². The number of rotatable bonds is 3. The maximum atomic E-state index is 13.2. The largest absolute Gasteiger partial charge is 0.340 e. The van der Waals surface area contributed by atoms with Gasteiger partial charge in [-0.05, 0) is 38.5 Å². The number of nitrogens with one attached hydrogen (secondary N) is 1. The number of hydrogen-bond acceptors (Lipinski definition) is 6. The van der Waals surface area contributed by atoms with E-state index in [-0.39, 0.29) is 12.3 Å². The van der Waals surface area contributed by atoms with Crippen molar-refractivity contribution < 1.29 is 4.79 Å². The molecule has 0 spiro atoms. The minimum Gasteiger partial charge on any atom is -0.340 e. The molecular weight excluding hydrogens is 444 g/mol. The summed E-state index contributed by atoms with van der Waals surface area (Å²) in [4.78, 5) is 21.5. The second kappa shape index (κ2) is 8.42. The standard InChI is InChI=1S/C23H25ClN6OS/c1-13-14(2)32-23-20(13)21(16-4-6-17(24)7-5-16)26-18(22-28-27-15(3)30(22)23)12-19(31)29-10-8-25-9-11-29/h4-7,18,25H,8-12H2,1-3H3/t18-/m0/s1. The average Bonchev–Trinajstić information content (AvgIpc) is 3.27. The van der Waals surface area contributed by atoms with E-state index in [1.165, 1.54) is 10.4 Å². The van der Waals surface area contributed by atoms with E-state index in [1.54, 1.807) is 11.3 Å². The van der Waals surface area contributed by atoms with E-state index in [1.807, 2.05) is 36.1 Å². The van der Waals surface area contributed by atoms with Gasteiger partial charge in [0, 0.05) is 47.2 Å². The second-order valence-corrected chi connectivity index (χ2v) is 9.88. The summed E-state index contributed by atoms with van der Waals surface area (Å²) in [7, 11) is 0. The lowest BCUT2D eigenvalue weighted by Gasteiger charge is -2.28. The highest BCUT2D eigenvalue weighted by molar-refractivity contribution is 7.15. The third kappa shape index (κ3) is 3.66. The zero-order chi connectivity index (χ0) is 22.4. The number of amides is 1. The molecule has 0 aliphatic carbocycles. The monoisotopic (exact) mass is 468 g/mol. The molecule has 2 aromatic heterocycles. The fourth-order valence-corrected chi connectivity index (χ4v) is 5.68. The Morgan fingerprint density at radius 2 is 1.88 bits per heavy atom. The highest BCUT2D eigenvalue weighted by Crippen LogP contribution is 2.39. The molecule has 1 aromatic carbocycles. The molecule has 1 amide bonds. The molecule has 4 heterocycles. The first-order valence-electron chi connectivity index (χ1n) is 10.8. The smallest absolute Gasteiger partial charge is 0.225 e.